The highest BCUT2D eigenvalue weighted by Gasteiger charge is 2.29. The molecule has 0 radical (unpaired) electrons. The second-order valence-corrected chi connectivity index (χ2v) is 11.9. The third kappa shape index (κ3) is 5.22. The predicted molar refractivity (Wildman–Crippen MR) is 146 cm³/mol. The molecule has 1 saturated carbocycles. The Hall–Kier alpha value is -3.04. The molecule has 3 heterocycles. The highest BCUT2D eigenvalue weighted by Crippen LogP contribution is 2.36. The normalized spacial score (nSPS) is 17.9. The van der Waals surface area contributed by atoms with Crippen molar-refractivity contribution in [1.82, 2.24) is 25.2 Å². The Morgan fingerprint density at radius 3 is 2.69 bits per heavy atom. The van der Waals surface area contributed by atoms with Crippen molar-refractivity contribution in [2.24, 2.45) is 0 Å². The number of amides is 2. The van der Waals surface area contributed by atoms with Crippen molar-refractivity contribution in [2.75, 3.05) is 0 Å². The first kappa shape index (κ1) is 24.6. The maximum absolute atomic E-state index is 12.8. The van der Waals surface area contributed by atoms with Crippen molar-refractivity contribution in [1.29, 1.82) is 0 Å². The number of nitrogens with one attached hydrogen (secondary N) is 2. The van der Waals surface area contributed by atoms with Crippen LogP contribution in [0.15, 0.2) is 58.5 Å². The summed E-state index contributed by atoms with van der Waals surface area (Å²) in [5, 5.41) is 6.19. The van der Waals surface area contributed by atoms with Gasteiger partial charge < -0.3 is 15.2 Å². The van der Waals surface area contributed by atoms with E-state index >= 15 is 0 Å². The number of thiophene rings is 1. The number of benzene rings is 1. The van der Waals surface area contributed by atoms with Gasteiger partial charge in [-0.05, 0) is 97.9 Å². The second kappa shape index (κ2) is 10.5. The molecule has 1 aliphatic rings. The summed E-state index contributed by atoms with van der Waals surface area (Å²) in [4.78, 5) is 35.7. The van der Waals surface area contributed by atoms with Gasteiger partial charge in [-0.15, -0.1) is 11.3 Å². The van der Waals surface area contributed by atoms with Gasteiger partial charge in [0.15, 0.2) is 5.82 Å². The first-order chi connectivity index (χ1) is 17.4. The molecule has 0 unspecified atom stereocenters. The number of aromatic nitrogens is 3. The van der Waals surface area contributed by atoms with E-state index in [1.807, 2.05) is 62.4 Å². The summed E-state index contributed by atoms with van der Waals surface area (Å²) in [6, 6.07) is 15.5. The number of imidazole rings is 1. The molecule has 0 bridgehead atoms. The van der Waals surface area contributed by atoms with Gasteiger partial charge in [-0.2, -0.15) is 0 Å². The van der Waals surface area contributed by atoms with E-state index in [0.717, 1.165) is 52.0 Å². The van der Waals surface area contributed by atoms with Crippen LogP contribution >= 0.6 is 27.3 Å². The average Bonchev–Trinajstić information content (AvgIpc) is 3.47. The Morgan fingerprint density at radius 2 is 1.97 bits per heavy atom. The smallest absolute Gasteiger partial charge is 0.261 e. The van der Waals surface area contributed by atoms with Gasteiger partial charge in [-0.3, -0.25) is 14.6 Å². The Bertz CT molecular complexity index is 1400. The minimum Gasteiger partial charge on any atom is -0.350 e. The van der Waals surface area contributed by atoms with E-state index in [4.69, 9.17) is 4.98 Å². The van der Waals surface area contributed by atoms with Gasteiger partial charge in [0.05, 0.1) is 19.7 Å². The number of fused-ring (bicyclic) bond motifs is 1. The van der Waals surface area contributed by atoms with E-state index in [1.54, 1.807) is 6.20 Å². The van der Waals surface area contributed by atoms with Crippen LogP contribution in [0.5, 0.6) is 0 Å². The second-order valence-electron chi connectivity index (χ2n) is 9.45. The van der Waals surface area contributed by atoms with Crippen molar-refractivity contribution >= 4 is 50.1 Å². The van der Waals surface area contributed by atoms with Crippen LogP contribution in [-0.4, -0.2) is 38.4 Å². The van der Waals surface area contributed by atoms with Gasteiger partial charge in [-0.25, -0.2) is 4.98 Å². The fourth-order valence-corrected chi connectivity index (χ4v) is 6.14. The zero-order valence-electron chi connectivity index (χ0n) is 20.2. The van der Waals surface area contributed by atoms with Crippen LogP contribution < -0.4 is 10.6 Å². The molecule has 1 fully saturated rings. The molecule has 9 heteroatoms. The van der Waals surface area contributed by atoms with Gasteiger partial charge in [0, 0.05) is 29.9 Å². The topological polar surface area (TPSA) is 88.9 Å². The number of pyridine rings is 1. The fraction of sp³-hybridized carbons (Fsp3) is 0.333. The molecule has 1 aromatic carbocycles. The first-order valence-electron chi connectivity index (χ1n) is 12.2. The lowest BCUT2D eigenvalue weighted by Crippen LogP contribution is -2.38. The lowest BCUT2D eigenvalue weighted by atomic mass is 9.90. The molecule has 0 spiro atoms. The van der Waals surface area contributed by atoms with Crippen LogP contribution in [-0.2, 0) is 0 Å². The lowest BCUT2D eigenvalue weighted by Gasteiger charge is -2.31. The average molecular weight is 567 g/mol. The molecule has 2 N–H and O–H groups in total. The molecule has 2 atom stereocenters. The Kier molecular flexibility index (Phi) is 7.20. The van der Waals surface area contributed by atoms with Crippen LogP contribution in [0.1, 0.15) is 65.6 Å². The maximum atomic E-state index is 12.8. The first-order valence-corrected chi connectivity index (χ1v) is 13.8. The number of carbonyl (C=O) groups is 2. The van der Waals surface area contributed by atoms with Gasteiger partial charge >= 0.3 is 0 Å². The van der Waals surface area contributed by atoms with Crippen LogP contribution in [0.2, 0.25) is 0 Å². The van der Waals surface area contributed by atoms with E-state index < -0.39 is 0 Å². The van der Waals surface area contributed by atoms with Crippen LogP contribution in [0.4, 0.5) is 0 Å². The Balaban J connectivity index is 1.48. The number of nitrogens with zero attached hydrogens (tertiary/aromatic N) is 3. The summed E-state index contributed by atoms with van der Waals surface area (Å²) >= 11 is 4.88. The van der Waals surface area contributed by atoms with Gasteiger partial charge in [0.1, 0.15) is 5.69 Å². The number of carbonyl (C=O) groups excluding carboxylic acids is 2. The summed E-state index contributed by atoms with van der Waals surface area (Å²) in [7, 11) is 0. The number of hydrogen-bond acceptors (Lipinski definition) is 5. The monoisotopic (exact) mass is 565 g/mol. The van der Waals surface area contributed by atoms with Crippen molar-refractivity contribution in [2.45, 2.75) is 57.7 Å². The van der Waals surface area contributed by atoms with Gasteiger partial charge in [0.25, 0.3) is 11.8 Å². The van der Waals surface area contributed by atoms with E-state index in [-0.39, 0.29) is 29.9 Å². The lowest BCUT2D eigenvalue weighted by molar-refractivity contribution is 0.0922. The molecule has 7 nitrogen and oxygen atoms in total. The molecule has 5 rings (SSSR count). The van der Waals surface area contributed by atoms with E-state index in [1.165, 1.54) is 11.3 Å². The third-order valence-electron chi connectivity index (χ3n) is 6.41. The van der Waals surface area contributed by atoms with E-state index in [2.05, 4.69) is 36.1 Å². The van der Waals surface area contributed by atoms with Crippen molar-refractivity contribution in [3.05, 3.63) is 69.0 Å². The minimum atomic E-state index is -0.110. The standard InChI is InChI=1S/C27H28BrN5O2S/c1-16(2)30-26(34)17-9-10-22-21(14-17)32-25(20-8-3-4-13-29-20)33(22)19-7-5-6-18(15-19)31-27(35)23-11-12-24(28)36-23/h3-4,8-14,16,18-19H,5-7,15H2,1-2H3,(H,30,34)(H,31,35)/t18-,19+/m1/s1. The summed E-state index contributed by atoms with van der Waals surface area (Å²) in [5.74, 6) is 0.644. The Labute approximate surface area is 222 Å². The minimum absolute atomic E-state index is 0.0300. The molecule has 186 valence electrons. The molecule has 0 saturated heterocycles. The summed E-state index contributed by atoms with van der Waals surface area (Å²) in [6.07, 6.45) is 5.50. The zero-order chi connectivity index (χ0) is 25.2. The molecule has 36 heavy (non-hydrogen) atoms. The number of hydrogen-bond donors (Lipinski definition) is 2. The molecular weight excluding hydrogens is 538 g/mol. The maximum Gasteiger partial charge on any atom is 0.261 e. The van der Waals surface area contributed by atoms with E-state index in [9.17, 15) is 9.59 Å². The fourth-order valence-electron chi connectivity index (χ4n) is 4.85. The van der Waals surface area contributed by atoms with Crippen molar-refractivity contribution in [3.63, 3.8) is 0 Å². The van der Waals surface area contributed by atoms with Crippen LogP contribution in [0, 0.1) is 0 Å². The predicted octanol–water partition coefficient (Wildman–Crippen LogP) is 5.97. The van der Waals surface area contributed by atoms with Crippen molar-refractivity contribution < 1.29 is 9.59 Å². The molecule has 1 aliphatic carbocycles. The largest absolute Gasteiger partial charge is 0.350 e. The molecular formula is C27H28BrN5O2S. The summed E-state index contributed by atoms with van der Waals surface area (Å²) < 4.78 is 3.20. The molecule has 4 aromatic rings. The number of halogens is 1. The van der Waals surface area contributed by atoms with Crippen molar-refractivity contribution in [3.8, 4) is 11.5 Å². The molecule has 3 aromatic heterocycles. The van der Waals surface area contributed by atoms with E-state index in [0.29, 0.717) is 10.4 Å². The quantitative estimate of drug-likeness (QED) is 0.301. The summed E-state index contributed by atoms with van der Waals surface area (Å²) in [5.41, 5.74) is 3.11. The highest BCUT2D eigenvalue weighted by molar-refractivity contribution is 9.11. The summed E-state index contributed by atoms with van der Waals surface area (Å²) in [6.45, 7) is 3.89. The highest BCUT2D eigenvalue weighted by atomic mass is 79.9. The zero-order valence-corrected chi connectivity index (χ0v) is 22.6. The van der Waals surface area contributed by atoms with Gasteiger partial charge in [0.2, 0.25) is 0 Å². The van der Waals surface area contributed by atoms with Crippen LogP contribution in [0.25, 0.3) is 22.6 Å². The SMILES string of the molecule is CC(C)NC(=O)c1ccc2c(c1)nc(-c1ccccn1)n2[C@H]1CCC[C@@H](NC(=O)c2ccc(Br)s2)C1. The third-order valence-corrected chi connectivity index (χ3v) is 8.03. The molecule has 2 amide bonds. The Morgan fingerprint density at radius 1 is 1.11 bits per heavy atom. The van der Waals surface area contributed by atoms with Gasteiger partial charge in [-0.1, -0.05) is 6.07 Å². The molecule has 0 aliphatic heterocycles. The van der Waals surface area contributed by atoms with Crippen LogP contribution in [0.3, 0.4) is 0 Å². The number of rotatable bonds is 6.